The molecule has 2 aromatic heterocycles. The first-order valence-corrected chi connectivity index (χ1v) is 11.4. The van der Waals surface area contributed by atoms with E-state index in [1.807, 2.05) is 41.3 Å². The minimum atomic E-state index is -0.0988. The molecular weight excluding hydrogens is 420 g/mol. The molecule has 1 saturated heterocycles. The Morgan fingerprint density at radius 3 is 2.48 bits per heavy atom. The molecule has 9 nitrogen and oxygen atoms in total. The first-order valence-electron chi connectivity index (χ1n) is 11.4. The van der Waals surface area contributed by atoms with Gasteiger partial charge in [0.25, 0.3) is 0 Å². The molecule has 2 fully saturated rings. The van der Waals surface area contributed by atoms with E-state index in [-0.39, 0.29) is 6.03 Å². The summed E-state index contributed by atoms with van der Waals surface area (Å²) in [6.07, 6.45) is 6.51. The second-order valence-electron chi connectivity index (χ2n) is 8.48. The van der Waals surface area contributed by atoms with E-state index >= 15 is 0 Å². The van der Waals surface area contributed by atoms with Gasteiger partial charge in [-0.2, -0.15) is 4.98 Å². The summed E-state index contributed by atoms with van der Waals surface area (Å²) in [6, 6.07) is 11.2. The Bertz CT molecular complexity index is 1070. The number of carbonyl (C=O) groups excluding carboxylic acids is 1. The third kappa shape index (κ3) is 4.76. The lowest BCUT2D eigenvalue weighted by molar-refractivity contribution is 0.208. The van der Waals surface area contributed by atoms with E-state index in [1.54, 1.807) is 13.3 Å². The summed E-state index contributed by atoms with van der Waals surface area (Å²) in [4.78, 5) is 25.8. The van der Waals surface area contributed by atoms with Crippen LogP contribution in [0.1, 0.15) is 37.5 Å². The van der Waals surface area contributed by atoms with Gasteiger partial charge in [0, 0.05) is 49.5 Å². The highest BCUT2D eigenvalue weighted by atomic mass is 16.5. The van der Waals surface area contributed by atoms with Gasteiger partial charge in [-0.1, -0.05) is 18.0 Å². The molecule has 172 valence electrons. The van der Waals surface area contributed by atoms with Crippen molar-refractivity contribution >= 4 is 17.5 Å². The first kappa shape index (κ1) is 21.2. The Hall–Kier alpha value is -3.62. The number of carbonyl (C=O) groups is 1. The maximum absolute atomic E-state index is 12.6. The number of methoxy groups -OCH3 is 1. The summed E-state index contributed by atoms with van der Waals surface area (Å²) >= 11 is 0. The van der Waals surface area contributed by atoms with Crippen molar-refractivity contribution in [3.8, 4) is 17.1 Å². The first-order chi connectivity index (χ1) is 16.2. The number of amides is 2. The van der Waals surface area contributed by atoms with Crippen LogP contribution in [0, 0.1) is 0 Å². The molecule has 0 bridgehead atoms. The third-order valence-corrected chi connectivity index (χ3v) is 6.38. The lowest BCUT2D eigenvalue weighted by Crippen LogP contribution is -2.50. The minimum absolute atomic E-state index is 0.0988. The van der Waals surface area contributed by atoms with Crippen molar-refractivity contribution in [3.63, 3.8) is 0 Å². The zero-order chi connectivity index (χ0) is 22.6. The zero-order valence-corrected chi connectivity index (χ0v) is 18.7. The fourth-order valence-electron chi connectivity index (χ4n) is 4.41. The van der Waals surface area contributed by atoms with Gasteiger partial charge >= 0.3 is 6.03 Å². The molecule has 3 aromatic rings. The van der Waals surface area contributed by atoms with Crippen LogP contribution >= 0.6 is 0 Å². The smallest absolute Gasteiger partial charge is 0.321 e. The zero-order valence-electron chi connectivity index (χ0n) is 18.7. The number of hydrogen-bond donors (Lipinski definition) is 1. The molecule has 1 aliphatic carbocycles. The molecule has 1 saturated carbocycles. The van der Waals surface area contributed by atoms with Crippen molar-refractivity contribution in [1.29, 1.82) is 0 Å². The van der Waals surface area contributed by atoms with Gasteiger partial charge in [0.2, 0.25) is 11.7 Å². The number of ether oxygens (including phenoxy) is 1. The molecular formula is C24H28N6O3. The number of rotatable bonds is 5. The number of nitrogens with one attached hydrogen (secondary N) is 1. The van der Waals surface area contributed by atoms with Crippen molar-refractivity contribution in [3.05, 3.63) is 48.5 Å². The molecule has 1 aliphatic heterocycles. The van der Waals surface area contributed by atoms with Gasteiger partial charge in [-0.15, -0.1) is 0 Å². The van der Waals surface area contributed by atoms with Crippen molar-refractivity contribution in [2.75, 3.05) is 43.5 Å². The molecule has 5 rings (SSSR count). The standard InChI is InChI=1S/C24H28N6O3/c1-32-20-9-7-19(8-10-20)26-24(31)30-14-12-29(13-15-30)21-11-6-18(16-25-21)22-27-23(33-28-22)17-4-2-3-5-17/h6-11,16-17H,2-5,12-15H2,1H3,(H,26,31). The minimum Gasteiger partial charge on any atom is -0.497 e. The molecule has 1 N–H and O–H groups in total. The summed E-state index contributed by atoms with van der Waals surface area (Å²) in [5.41, 5.74) is 1.60. The molecule has 0 radical (unpaired) electrons. The van der Waals surface area contributed by atoms with Gasteiger partial charge in [0.1, 0.15) is 11.6 Å². The van der Waals surface area contributed by atoms with Gasteiger partial charge < -0.3 is 24.4 Å². The summed E-state index contributed by atoms with van der Waals surface area (Å²) in [6.45, 7) is 2.69. The lowest BCUT2D eigenvalue weighted by atomic mass is 10.1. The van der Waals surface area contributed by atoms with Crippen LogP contribution < -0.4 is 15.0 Å². The van der Waals surface area contributed by atoms with Crippen LogP contribution in [0.15, 0.2) is 47.1 Å². The van der Waals surface area contributed by atoms with Gasteiger partial charge in [-0.3, -0.25) is 0 Å². The number of urea groups is 1. The fourth-order valence-corrected chi connectivity index (χ4v) is 4.41. The second kappa shape index (κ2) is 9.48. The van der Waals surface area contributed by atoms with Crippen LogP contribution in [0.4, 0.5) is 16.3 Å². The summed E-state index contributed by atoms with van der Waals surface area (Å²) in [5.74, 6) is 3.38. The molecule has 1 aromatic carbocycles. The Morgan fingerprint density at radius 2 is 1.82 bits per heavy atom. The SMILES string of the molecule is COc1ccc(NC(=O)N2CCN(c3ccc(-c4noc(C5CCCC5)n4)cn3)CC2)cc1. The highest BCUT2D eigenvalue weighted by Crippen LogP contribution is 2.34. The molecule has 2 amide bonds. The second-order valence-corrected chi connectivity index (χ2v) is 8.48. The van der Waals surface area contributed by atoms with Crippen molar-refractivity contribution in [1.82, 2.24) is 20.0 Å². The largest absolute Gasteiger partial charge is 0.497 e. The normalized spacial score (nSPS) is 16.8. The number of pyridine rings is 1. The van der Waals surface area contributed by atoms with Gasteiger partial charge in [0.05, 0.1) is 7.11 Å². The van der Waals surface area contributed by atoms with Crippen LogP contribution in [-0.2, 0) is 0 Å². The van der Waals surface area contributed by atoms with Gasteiger partial charge in [-0.05, 0) is 49.2 Å². The Labute approximate surface area is 192 Å². The molecule has 0 spiro atoms. The van der Waals surface area contributed by atoms with E-state index in [2.05, 4.69) is 25.3 Å². The average Bonchev–Trinajstić information content (AvgIpc) is 3.57. The van der Waals surface area contributed by atoms with Gasteiger partial charge in [0.15, 0.2) is 0 Å². The highest BCUT2D eigenvalue weighted by Gasteiger charge is 2.24. The number of piperazine rings is 1. The van der Waals surface area contributed by atoms with E-state index in [9.17, 15) is 4.79 Å². The van der Waals surface area contributed by atoms with Gasteiger partial charge in [-0.25, -0.2) is 9.78 Å². The number of nitrogens with zero attached hydrogens (tertiary/aromatic N) is 5. The monoisotopic (exact) mass is 448 g/mol. The molecule has 33 heavy (non-hydrogen) atoms. The van der Waals surface area contributed by atoms with Crippen LogP contribution in [0.25, 0.3) is 11.4 Å². The average molecular weight is 449 g/mol. The predicted octanol–water partition coefficient (Wildman–Crippen LogP) is 4.15. The summed E-state index contributed by atoms with van der Waals surface area (Å²) in [7, 11) is 1.62. The Morgan fingerprint density at radius 1 is 1.06 bits per heavy atom. The van der Waals surface area contributed by atoms with Crippen molar-refractivity contribution in [2.24, 2.45) is 0 Å². The fraction of sp³-hybridized carbons (Fsp3) is 0.417. The van der Waals surface area contributed by atoms with Crippen LogP contribution in [0.5, 0.6) is 5.75 Å². The van der Waals surface area contributed by atoms with Crippen molar-refractivity contribution in [2.45, 2.75) is 31.6 Å². The topological polar surface area (TPSA) is 96.6 Å². The molecule has 3 heterocycles. The predicted molar refractivity (Wildman–Crippen MR) is 125 cm³/mol. The molecule has 0 atom stereocenters. The Balaban J connectivity index is 1.15. The molecule has 2 aliphatic rings. The Kier molecular flexibility index (Phi) is 6.10. The van der Waals surface area contributed by atoms with E-state index in [0.717, 1.165) is 54.6 Å². The van der Waals surface area contributed by atoms with E-state index in [4.69, 9.17) is 9.26 Å². The van der Waals surface area contributed by atoms with Crippen LogP contribution in [0.2, 0.25) is 0 Å². The van der Waals surface area contributed by atoms with Crippen molar-refractivity contribution < 1.29 is 14.1 Å². The molecule has 0 unspecified atom stereocenters. The van der Waals surface area contributed by atoms with Crippen LogP contribution in [0.3, 0.4) is 0 Å². The molecule has 9 heteroatoms. The van der Waals surface area contributed by atoms with E-state index < -0.39 is 0 Å². The maximum atomic E-state index is 12.6. The highest BCUT2D eigenvalue weighted by molar-refractivity contribution is 5.89. The van der Waals surface area contributed by atoms with Crippen LogP contribution in [-0.4, -0.2) is 59.3 Å². The number of anilines is 2. The summed E-state index contributed by atoms with van der Waals surface area (Å²) in [5, 5.41) is 7.09. The maximum Gasteiger partial charge on any atom is 0.321 e. The third-order valence-electron chi connectivity index (χ3n) is 6.38. The summed E-state index contributed by atoms with van der Waals surface area (Å²) < 4.78 is 10.6. The quantitative estimate of drug-likeness (QED) is 0.626. The lowest BCUT2D eigenvalue weighted by Gasteiger charge is -2.35. The number of benzene rings is 1. The number of hydrogen-bond acceptors (Lipinski definition) is 7. The number of aromatic nitrogens is 3. The van der Waals surface area contributed by atoms with E-state index in [0.29, 0.717) is 24.8 Å². The van der Waals surface area contributed by atoms with E-state index in [1.165, 1.54) is 12.8 Å².